The molecule has 1 aromatic carbocycles. The van der Waals surface area contributed by atoms with Gasteiger partial charge in [-0.25, -0.2) is 0 Å². The van der Waals surface area contributed by atoms with Crippen molar-refractivity contribution in [2.45, 2.75) is 32.5 Å². The lowest BCUT2D eigenvalue weighted by Crippen LogP contribution is -2.31. The van der Waals surface area contributed by atoms with Crippen molar-refractivity contribution in [3.63, 3.8) is 0 Å². The molecule has 1 unspecified atom stereocenters. The van der Waals surface area contributed by atoms with Crippen molar-refractivity contribution < 1.29 is 8.78 Å². The van der Waals surface area contributed by atoms with Crippen molar-refractivity contribution in [2.75, 3.05) is 7.05 Å². The number of halogens is 2. The Morgan fingerprint density at radius 3 is 2.60 bits per heavy atom. The summed E-state index contributed by atoms with van der Waals surface area (Å²) in [7, 11) is 2.95. The van der Waals surface area contributed by atoms with Crippen molar-refractivity contribution in [1.82, 2.24) is 4.90 Å². The van der Waals surface area contributed by atoms with E-state index in [9.17, 15) is 8.78 Å². The molecule has 1 rings (SSSR count). The molecule has 4 heteroatoms. The first kappa shape index (κ1) is 16.8. The van der Waals surface area contributed by atoms with E-state index in [0.717, 1.165) is 34.4 Å². The zero-order valence-corrected chi connectivity index (χ0v) is 13.4. The van der Waals surface area contributed by atoms with Crippen LogP contribution in [0.3, 0.4) is 0 Å². The molecule has 0 saturated carbocycles. The highest BCUT2D eigenvalue weighted by Crippen LogP contribution is 2.34. The molecule has 1 atom stereocenters. The molecular formula is C16H22F2NP. The summed E-state index contributed by atoms with van der Waals surface area (Å²) >= 11 is 0. The first-order chi connectivity index (χ1) is 9.25. The summed E-state index contributed by atoms with van der Waals surface area (Å²) in [6.07, 6.45) is 3.65. The van der Waals surface area contributed by atoms with Crippen LogP contribution in [0.2, 0.25) is 0 Å². The Balaban J connectivity index is 3.25. The molecule has 0 saturated heterocycles. The summed E-state index contributed by atoms with van der Waals surface area (Å²) in [4.78, 5) is 0.956. The molecular weight excluding hydrogens is 275 g/mol. The monoisotopic (exact) mass is 297 g/mol. The Morgan fingerprint density at radius 1 is 1.45 bits per heavy atom. The number of nitrogens with zero attached hydrogens (tertiary/aromatic N) is 1. The predicted octanol–water partition coefficient (Wildman–Crippen LogP) is 4.91. The number of aryl methyl sites for hydroxylation is 1. The number of hydrogen-bond donors (Lipinski definition) is 0. The standard InChI is InChI=1S/C16H22F2NP/c1-5-7-13-8-6-9-14(11-13)15(10-12(2)3)19(4)16(17,18)20/h6,8-11H,2,5,7,20H2,1,3-4H3/b15-10-. The molecule has 0 aromatic heterocycles. The Morgan fingerprint density at radius 2 is 2.10 bits per heavy atom. The summed E-state index contributed by atoms with van der Waals surface area (Å²) in [5.74, 6) is -3.00. The molecule has 1 nitrogen and oxygen atoms in total. The summed E-state index contributed by atoms with van der Waals surface area (Å²) in [6.45, 7) is 7.68. The van der Waals surface area contributed by atoms with Gasteiger partial charge in [0.05, 0.1) is 0 Å². The number of rotatable bonds is 6. The second-order valence-electron chi connectivity index (χ2n) is 4.97. The fraction of sp³-hybridized carbons (Fsp3) is 0.375. The summed E-state index contributed by atoms with van der Waals surface area (Å²) in [6, 6.07) is 7.73. The van der Waals surface area contributed by atoms with E-state index in [4.69, 9.17) is 0 Å². The molecule has 0 aliphatic rings. The van der Waals surface area contributed by atoms with Crippen molar-refractivity contribution in [1.29, 1.82) is 0 Å². The maximum Gasteiger partial charge on any atom is 0.336 e. The van der Waals surface area contributed by atoms with Crippen LogP contribution in [0, 0.1) is 0 Å². The van der Waals surface area contributed by atoms with E-state index in [1.165, 1.54) is 7.05 Å². The minimum Gasteiger partial charge on any atom is -0.313 e. The van der Waals surface area contributed by atoms with Gasteiger partial charge in [0, 0.05) is 12.7 Å². The van der Waals surface area contributed by atoms with Gasteiger partial charge in [0.2, 0.25) is 0 Å². The van der Waals surface area contributed by atoms with Crippen molar-refractivity contribution in [3.05, 3.63) is 53.6 Å². The van der Waals surface area contributed by atoms with Crippen LogP contribution in [-0.4, -0.2) is 17.7 Å². The highest BCUT2D eigenvalue weighted by Gasteiger charge is 2.30. The largest absolute Gasteiger partial charge is 0.336 e. The van der Waals surface area contributed by atoms with E-state index in [1.54, 1.807) is 22.2 Å². The molecule has 0 amide bonds. The van der Waals surface area contributed by atoms with E-state index in [-0.39, 0.29) is 0 Å². The number of hydrogen-bond acceptors (Lipinski definition) is 1. The van der Waals surface area contributed by atoms with Crippen molar-refractivity contribution >= 4 is 14.9 Å². The van der Waals surface area contributed by atoms with Crippen LogP contribution in [0.1, 0.15) is 31.4 Å². The summed E-state index contributed by atoms with van der Waals surface area (Å²) in [5.41, 5.74) is 3.14. The molecule has 0 N–H and O–H groups in total. The van der Waals surface area contributed by atoms with Crippen molar-refractivity contribution in [3.8, 4) is 0 Å². The van der Waals surface area contributed by atoms with Gasteiger partial charge in [0.15, 0.2) is 0 Å². The van der Waals surface area contributed by atoms with Crippen LogP contribution in [0.15, 0.2) is 42.5 Å². The summed E-state index contributed by atoms with van der Waals surface area (Å²) < 4.78 is 27.1. The number of allylic oxidation sites excluding steroid dienone is 2. The quantitative estimate of drug-likeness (QED) is 0.409. The minimum atomic E-state index is -3.00. The van der Waals surface area contributed by atoms with Gasteiger partial charge in [-0.05, 0) is 45.9 Å². The van der Waals surface area contributed by atoms with Crippen LogP contribution >= 0.6 is 9.24 Å². The molecule has 20 heavy (non-hydrogen) atoms. The highest BCUT2D eigenvalue weighted by atomic mass is 31.0. The van der Waals surface area contributed by atoms with E-state index < -0.39 is 5.79 Å². The van der Waals surface area contributed by atoms with E-state index in [0.29, 0.717) is 5.70 Å². The Hall–Kier alpha value is -1.21. The van der Waals surface area contributed by atoms with Crippen LogP contribution in [0.25, 0.3) is 5.70 Å². The van der Waals surface area contributed by atoms with Crippen LogP contribution < -0.4 is 0 Å². The fourth-order valence-electron chi connectivity index (χ4n) is 1.94. The van der Waals surface area contributed by atoms with Gasteiger partial charge in [0.25, 0.3) is 0 Å². The first-order valence-electron chi connectivity index (χ1n) is 6.62. The third-order valence-corrected chi connectivity index (χ3v) is 3.34. The van der Waals surface area contributed by atoms with Gasteiger partial charge in [-0.1, -0.05) is 43.7 Å². The summed E-state index contributed by atoms with van der Waals surface area (Å²) in [5, 5.41) is 0. The van der Waals surface area contributed by atoms with E-state index >= 15 is 0 Å². The molecule has 0 heterocycles. The Labute approximate surface area is 122 Å². The fourth-order valence-corrected chi connectivity index (χ4v) is 2.08. The molecule has 0 radical (unpaired) electrons. The first-order valence-corrected chi connectivity index (χ1v) is 7.20. The highest BCUT2D eigenvalue weighted by molar-refractivity contribution is 7.18. The molecule has 0 aliphatic heterocycles. The van der Waals surface area contributed by atoms with Gasteiger partial charge in [-0.2, -0.15) is 8.78 Å². The lowest BCUT2D eigenvalue weighted by Gasteiger charge is -2.29. The smallest absolute Gasteiger partial charge is 0.313 e. The molecule has 110 valence electrons. The molecule has 1 aromatic rings. The van der Waals surface area contributed by atoms with Crippen LogP contribution in [0.5, 0.6) is 0 Å². The van der Waals surface area contributed by atoms with Gasteiger partial charge in [-0.3, -0.25) is 0 Å². The third-order valence-electron chi connectivity index (χ3n) is 2.95. The van der Waals surface area contributed by atoms with Crippen LogP contribution in [0.4, 0.5) is 8.78 Å². The normalized spacial score (nSPS) is 12.4. The number of benzene rings is 1. The van der Waals surface area contributed by atoms with Gasteiger partial charge >= 0.3 is 5.79 Å². The average Bonchev–Trinajstić information content (AvgIpc) is 2.34. The zero-order chi connectivity index (χ0) is 15.3. The zero-order valence-electron chi connectivity index (χ0n) is 12.3. The minimum absolute atomic E-state index is 0.468. The predicted molar refractivity (Wildman–Crippen MR) is 85.6 cm³/mol. The average molecular weight is 297 g/mol. The van der Waals surface area contributed by atoms with E-state index in [1.807, 2.05) is 24.3 Å². The lowest BCUT2D eigenvalue weighted by atomic mass is 10.0. The van der Waals surface area contributed by atoms with E-state index in [2.05, 4.69) is 13.5 Å². The second kappa shape index (κ2) is 6.99. The van der Waals surface area contributed by atoms with Crippen LogP contribution in [-0.2, 0) is 6.42 Å². The topological polar surface area (TPSA) is 3.24 Å². The van der Waals surface area contributed by atoms with Gasteiger partial charge in [-0.15, -0.1) is 0 Å². The van der Waals surface area contributed by atoms with Crippen molar-refractivity contribution in [2.24, 2.45) is 0 Å². The van der Waals surface area contributed by atoms with Gasteiger partial charge < -0.3 is 4.90 Å². The maximum absolute atomic E-state index is 13.6. The Bertz CT molecular complexity index is 503. The molecule has 0 bridgehead atoms. The third kappa shape index (κ3) is 4.72. The van der Waals surface area contributed by atoms with Gasteiger partial charge in [0.1, 0.15) is 0 Å². The second-order valence-corrected chi connectivity index (χ2v) is 5.67. The number of alkyl halides is 2. The lowest BCUT2D eigenvalue weighted by molar-refractivity contribution is -0.0109. The SMILES string of the molecule is C=C(C)/C=C(/c1cccc(CCC)c1)N(C)C(F)(F)P. The Kier molecular flexibility index (Phi) is 5.88. The molecule has 0 fully saturated rings. The molecule has 0 aliphatic carbocycles. The molecule has 0 spiro atoms. The maximum atomic E-state index is 13.6.